The number of ether oxygens (including phenoxy) is 1. The molecule has 0 aromatic heterocycles. The lowest BCUT2D eigenvalue weighted by atomic mass is 9.98. The third-order valence-electron chi connectivity index (χ3n) is 2.25. The van der Waals surface area contributed by atoms with E-state index in [1.54, 1.807) is 7.11 Å². The lowest BCUT2D eigenvalue weighted by Gasteiger charge is -2.10. The fourth-order valence-corrected chi connectivity index (χ4v) is 1.06. The van der Waals surface area contributed by atoms with Crippen LogP contribution < -0.4 is 0 Å². The van der Waals surface area contributed by atoms with Crippen molar-refractivity contribution in [3.63, 3.8) is 0 Å². The largest absolute Gasteiger partial charge is 0.497 e. The highest BCUT2D eigenvalue weighted by molar-refractivity contribution is 5.27. The molecule has 1 nitrogen and oxygen atoms in total. The molecule has 0 saturated heterocycles. The van der Waals surface area contributed by atoms with Crippen LogP contribution in [0, 0.1) is 5.92 Å². The van der Waals surface area contributed by atoms with E-state index in [1.807, 2.05) is 25.2 Å². The minimum Gasteiger partial charge on any atom is -0.497 e. The van der Waals surface area contributed by atoms with Crippen LogP contribution in [0.25, 0.3) is 0 Å². The second kappa shape index (κ2) is 6.53. The van der Waals surface area contributed by atoms with Gasteiger partial charge in [-0.3, -0.25) is 0 Å². The summed E-state index contributed by atoms with van der Waals surface area (Å²) in [5, 5.41) is 0. The van der Waals surface area contributed by atoms with Gasteiger partial charge >= 0.3 is 0 Å². The number of methoxy groups -OCH3 is 1. The molecule has 74 valence electrons. The molecule has 1 heteroatoms. The second-order valence-corrected chi connectivity index (χ2v) is 3.05. The van der Waals surface area contributed by atoms with E-state index in [4.69, 9.17) is 4.74 Å². The summed E-state index contributed by atoms with van der Waals surface area (Å²) >= 11 is 0. The van der Waals surface area contributed by atoms with E-state index in [0.717, 1.165) is 12.2 Å². The van der Waals surface area contributed by atoms with Gasteiger partial charge < -0.3 is 4.74 Å². The quantitative estimate of drug-likeness (QED) is 0.463. The Bertz CT molecular complexity index is 211. The molecular formula is C12H20O. The molecule has 0 N–H and O–H groups in total. The molecule has 0 fully saturated rings. The van der Waals surface area contributed by atoms with Gasteiger partial charge in [-0.15, -0.1) is 0 Å². The Morgan fingerprint density at radius 2 is 2.15 bits per heavy atom. The Hall–Kier alpha value is -0.980. The van der Waals surface area contributed by atoms with Gasteiger partial charge in [0.1, 0.15) is 5.76 Å². The van der Waals surface area contributed by atoms with Crippen molar-refractivity contribution in [2.45, 2.75) is 27.2 Å². The van der Waals surface area contributed by atoms with Crippen molar-refractivity contribution >= 4 is 0 Å². The van der Waals surface area contributed by atoms with Crippen LogP contribution in [-0.4, -0.2) is 7.11 Å². The highest BCUT2D eigenvalue weighted by Crippen LogP contribution is 2.17. The van der Waals surface area contributed by atoms with Crippen molar-refractivity contribution in [3.05, 3.63) is 36.1 Å². The van der Waals surface area contributed by atoms with Gasteiger partial charge in [-0.2, -0.15) is 0 Å². The van der Waals surface area contributed by atoms with E-state index in [9.17, 15) is 0 Å². The summed E-state index contributed by atoms with van der Waals surface area (Å²) < 4.78 is 5.16. The molecule has 0 bridgehead atoms. The average Bonchev–Trinajstić information content (AvgIpc) is 2.19. The van der Waals surface area contributed by atoms with E-state index in [1.165, 1.54) is 5.57 Å². The molecule has 0 aromatic carbocycles. The highest BCUT2D eigenvalue weighted by atomic mass is 16.5. The maximum Gasteiger partial charge on any atom is 0.114 e. The van der Waals surface area contributed by atoms with Crippen molar-refractivity contribution in [1.29, 1.82) is 0 Å². The molecule has 13 heavy (non-hydrogen) atoms. The van der Waals surface area contributed by atoms with Crippen LogP contribution in [-0.2, 0) is 4.74 Å². The molecule has 0 rings (SSSR count). The van der Waals surface area contributed by atoms with Crippen LogP contribution in [0.5, 0.6) is 0 Å². The topological polar surface area (TPSA) is 9.23 Å². The van der Waals surface area contributed by atoms with Gasteiger partial charge in [0.2, 0.25) is 0 Å². The van der Waals surface area contributed by atoms with Gasteiger partial charge in [0.25, 0.3) is 0 Å². The molecule has 0 radical (unpaired) electrons. The summed E-state index contributed by atoms with van der Waals surface area (Å²) in [7, 11) is 1.68. The molecule has 0 spiro atoms. The first-order valence-electron chi connectivity index (χ1n) is 4.73. The fourth-order valence-electron chi connectivity index (χ4n) is 1.06. The summed E-state index contributed by atoms with van der Waals surface area (Å²) in [4.78, 5) is 0. The first kappa shape index (κ1) is 12.0. The maximum atomic E-state index is 5.16. The Kier molecular flexibility index (Phi) is 6.03. The van der Waals surface area contributed by atoms with Crippen LogP contribution in [0.2, 0.25) is 0 Å². The zero-order chi connectivity index (χ0) is 10.3. The smallest absolute Gasteiger partial charge is 0.114 e. The van der Waals surface area contributed by atoms with Crippen LogP contribution in [0.3, 0.4) is 0 Å². The van der Waals surface area contributed by atoms with Gasteiger partial charge in [0.05, 0.1) is 7.11 Å². The van der Waals surface area contributed by atoms with Crippen LogP contribution in [0.1, 0.15) is 27.2 Å². The first-order chi connectivity index (χ1) is 6.19. The molecule has 0 saturated carbocycles. The fraction of sp³-hybridized carbons (Fsp3) is 0.500. The zero-order valence-corrected chi connectivity index (χ0v) is 9.13. The molecule has 0 heterocycles. The third kappa shape index (κ3) is 3.97. The first-order valence-corrected chi connectivity index (χ1v) is 4.73. The summed E-state index contributed by atoms with van der Waals surface area (Å²) in [5.41, 5.74) is 1.23. The molecule has 0 aromatic rings. The normalized spacial score (nSPS) is 15.4. The van der Waals surface area contributed by atoms with Crippen molar-refractivity contribution in [3.8, 4) is 0 Å². The Morgan fingerprint density at radius 3 is 2.46 bits per heavy atom. The van der Waals surface area contributed by atoms with Gasteiger partial charge in [-0.05, 0) is 37.0 Å². The zero-order valence-electron chi connectivity index (χ0n) is 9.13. The SMILES string of the molecule is C=C/C(=C\C(=C/C)OC)C(C)CC. The van der Waals surface area contributed by atoms with Gasteiger partial charge in [0.15, 0.2) is 0 Å². The minimum absolute atomic E-state index is 0.544. The minimum atomic E-state index is 0.544. The van der Waals surface area contributed by atoms with E-state index >= 15 is 0 Å². The Balaban J connectivity index is 4.64. The predicted molar refractivity (Wildman–Crippen MR) is 58.5 cm³/mol. The van der Waals surface area contributed by atoms with Crippen molar-refractivity contribution in [2.75, 3.05) is 7.11 Å². The van der Waals surface area contributed by atoms with Crippen LogP contribution in [0.15, 0.2) is 36.1 Å². The van der Waals surface area contributed by atoms with Crippen LogP contribution in [0.4, 0.5) is 0 Å². The number of hydrogen-bond acceptors (Lipinski definition) is 1. The van der Waals surface area contributed by atoms with Crippen LogP contribution >= 0.6 is 0 Å². The maximum absolute atomic E-state index is 5.16. The van der Waals surface area contributed by atoms with Gasteiger partial charge in [-0.1, -0.05) is 26.5 Å². The van der Waals surface area contributed by atoms with Gasteiger partial charge in [0, 0.05) is 0 Å². The van der Waals surface area contributed by atoms with Crippen molar-refractivity contribution in [2.24, 2.45) is 5.92 Å². The van der Waals surface area contributed by atoms with Gasteiger partial charge in [-0.25, -0.2) is 0 Å². The van der Waals surface area contributed by atoms with E-state index in [0.29, 0.717) is 5.92 Å². The number of hydrogen-bond donors (Lipinski definition) is 0. The molecular weight excluding hydrogens is 160 g/mol. The van der Waals surface area contributed by atoms with E-state index in [-0.39, 0.29) is 0 Å². The molecule has 0 aliphatic heterocycles. The molecule has 0 aliphatic rings. The second-order valence-electron chi connectivity index (χ2n) is 3.05. The summed E-state index contributed by atoms with van der Waals surface area (Å²) in [6, 6.07) is 0. The van der Waals surface area contributed by atoms with E-state index in [2.05, 4.69) is 20.4 Å². The predicted octanol–water partition coefficient (Wildman–Crippen LogP) is 3.70. The average molecular weight is 180 g/mol. The molecule has 0 aliphatic carbocycles. The number of allylic oxidation sites excluding steroid dienone is 4. The summed E-state index contributed by atoms with van der Waals surface area (Å²) in [6.07, 6.45) is 7.02. The monoisotopic (exact) mass is 180 g/mol. The lowest BCUT2D eigenvalue weighted by molar-refractivity contribution is 0.305. The molecule has 0 amide bonds. The summed E-state index contributed by atoms with van der Waals surface area (Å²) in [5.74, 6) is 1.44. The van der Waals surface area contributed by atoms with Crippen molar-refractivity contribution in [1.82, 2.24) is 0 Å². The lowest BCUT2D eigenvalue weighted by Crippen LogP contribution is -1.96. The molecule has 1 atom stereocenters. The van der Waals surface area contributed by atoms with Crippen molar-refractivity contribution < 1.29 is 4.74 Å². The Morgan fingerprint density at radius 1 is 1.54 bits per heavy atom. The Labute approximate surface area is 81.8 Å². The third-order valence-corrected chi connectivity index (χ3v) is 2.25. The highest BCUT2D eigenvalue weighted by Gasteiger charge is 2.03. The number of rotatable bonds is 5. The summed E-state index contributed by atoms with van der Waals surface area (Å²) in [6.45, 7) is 10.1. The standard InChI is InChI=1S/C12H20O/c1-6-10(4)11(7-2)9-12(8-3)13-5/h7-10H,2,6H2,1,3-5H3/b11-9+,12-8+. The molecule has 1 unspecified atom stereocenters. The van der Waals surface area contributed by atoms with E-state index < -0.39 is 0 Å².